The lowest BCUT2D eigenvalue weighted by molar-refractivity contribution is 0.101. The Morgan fingerprint density at radius 1 is 1.38 bits per heavy atom. The first-order valence-corrected chi connectivity index (χ1v) is 5.83. The molecule has 2 rings (SSSR count). The van der Waals surface area contributed by atoms with E-state index < -0.39 is 0 Å². The van der Waals surface area contributed by atoms with Gasteiger partial charge >= 0.3 is 0 Å². The highest BCUT2D eigenvalue weighted by atomic mass is 16.1. The van der Waals surface area contributed by atoms with Crippen molar-refractivity contribution in [3.63, 3.8) is 0 Å². The molecule has 0 saturated heterocycles. The molecule has 16 heavy (non-hydrogen) atoms. The standard InChI is InChI=1S/C13H17NO2/c1-8-12(9(2)16)13(11(7-15)14-8)10-5-3-4-6-10/h7,10,14H,3-6H2,1-2H3. The van der Waals surface area contributed by atoms with Gasteiger partial charge < -0.3 is 4.98 Å². The molecule has 0 spiro atoms. The third-order valence-corrected chi connectivity index (χ3v) is 3.49. The largest absolute Gasteiger partial charge is 0.356 e. The molecule has 3 nitrogen and oxygen atoms in total. The zero-order valence-corrected chi connectivity index (χ0v) is 9.80. The maximum absolute atomic E-state index is 11.6. The fourth-order valence-electron chi connectivity index (χ4n) is 2.85. The first-order chi connectivity index (χ1) is 7.65. The van der Waals surface area contributed by atoms with Crippen molar-refractivity contribution in [2.45, 2.75) is 45.4 Å². The maximum Gasteiger partial charge on any atom is 0.166 e. The minimum absolute atomic E-state index is 0.0590. The number of hydrogen-bond donors (Lipinski definition) is 1. The highest BCUT2D eigenvalue weighted by Gasteiger charge is 2.27. The van der Waals surface area contributed by atoms with Crippen molar-refractivity contribution in [3.05, 3.63) is 22.5 Å². The van der Waals surface area contributed by atoms with Crippen LogP contribution in [-0.2, 0) is 0 Å². The van der Waals surface area contributed by atoms with Crippen LogP contribution in [0.2, 0.25) is 0 Å². The van der Waals surface area contributed by atoms with Gasteiger partial charge in [-0.3, -0.25) is 9.59 Å². The molecule has 1 N–H and O–H groups in total. The molecular weight excluding hydrogens is 202 g/mol. The molecule has 1 heterocycles. The van der Waals surface area contributed by atoms with E-state index in [2.05, 4.69) is 4.98 Å². The molecule has 3 heteroatoms. The van der Waals surface area contributed by atoms with Gasteiger partial charge in [0.05, 0.1) is 5.69 Å². The molecule has 1 saturated carbocycles. The van der Waals surface area contributed by atoms with E-state index >= 15 is 0 Å². The average Bonchev–Trinajstić information content (AvgIpc) is 2.82. The molecule has 0 unspecified atom stereocenters. The lowest BCUT2D eigenvalue weighted by Crippen LogP contribution is -2.03. The summed E-state index contributed by atoms with van der Waals surface area (Å²) in [5, 5.41) is 0. The van der Waals surface area contributed by atoms with E-state index in [9.17, 15) is 9.59 Å². The van der Waals surface area contributed by atoms with Crippen molar-refractivity contribution in [1.82, 2.24) is 4.98 Å². The van der Waals surface area contributed by atoms with Crippen LogP contribution in [0.25, 0.3) is 0 Å². The number of Topliss-reactive ketones (excluding diaryl/α,β-unsaturated/α-hetero) is 1. The van der Waals surface area contributed by atoms with Gasteiger partial charge in [0.25, 0.3) is 0 Å². The van der Waals surface area contributed by atoms with E-state index in [0.717, 1.165) is 35.9 Å². The number of carbonyl (C=O) groups excluding carboxylic acids is 2. The van der Waals surface area contributed by atoms with E-state index in [1.54, 1.807) is 6.92 Å². The number of H-pyrrole nitrogens is 1. The molecule has 1 aromatic rings. The van der Waals surface area contributed by atoms with Gasteiger partial charge in [0.15, 0.2) is 12.1 Å². The van der Waals surface area contributed by atoms with Gasteiger partial charge in [-0.1, -0.05) is 12.8 Å². The molecule has 1 aromatic heterocycles. The van der Waals surface area contributed by atoms with Crippen molar-refractivity contribution in [2.24, 2.45) is 0 Å². The molecule has 0 radical (unpaired) electrons. The summed E-state index contributed by atoms with van der Waals surface area (Å²) >= 11 is 0. The highest BCUT2D eigenvalue weighted by molar-refractivity contribution is 5.99. The third kappa shape index (κ3) is 1.70. The number of nitrogens with one attached hydrogen (secondary N) is 1. The van der Waals surface area contributed by atoms with Gasteiger partial charge in [0, 0.05) is 11.3 Å². The Bertz CT molecular complexity index is 425. The Balaban J connectivity index is 2.54. The van der Waals surface area contributed by atoms with Crippen molar-refractivity contribution in [3.8, 4) is 0 Å². The smallest absolute Gasteiger partial charge is 0.166 e. The van der Waals surface area contributed by atoms with Gasteiger partial charge in [0.1, 0.15) is 0 Å². The Kier molecular flexibility index (Phi) is 2.95. The number of aromatic nitrogens is 1. The molecule has 0 bridgehead atoms. The molecule has 0 atom stereocenters. The van der Waals surface area contributed by atoms with Crippen molar-refractivity contribution in [2.75, 3.05) is 0 Å². The zero-order valence-electron chi connectivity index (χ0n) is 9.80. The van der Waals surface area contributed by atoms with Crippen LogP contribution >= 0.6 is 0 Å². The lowest BCUT2D eigenvalue weighted by Gasteiger charge is -2.10. The van der Waals surface area contributed by atoms with Gasteiger partial charge in [-0.25, -0.2) is 0 Å². The van der Waals surface area contributed by atoms with Crippen LogP contribution in [0.4, 0.5) is 0 Å². The molecule has 1 fully saturated rings. The van der Waals surface area contributed by atoms with Crippen LogP contribution in [0.1, 0.15) is 70.6 Å². The van der Waals surface area contributed by atoms with E-state index in [1.165, 1.54) is 12.8 Å². The van der Waals surface area contributed by atoms with Crippen LogP contribution in [0.15, 0.2) is 0 Å². The normalized spacial score (nSPS) is 16.6. The van der Waals surface area contributed by atoms with Gasteiger partial charge in [-0.05, 0) is 38.2 Å². The summed E-state index contributed by atoms with van der Waals surface area (Å²) in [4.78, 5) is 25.7. The van der Waals surface area contributed by atoms with E-state index in [0.29, 0.717) is 11.6 Å². The summed E-state index contributed by atoms with van der Waals surface area (Å²) in [5.41, 5.74) is 3.15. The number of aromatic amines is 1. The number of hydrogen-bond acceptors (Lipinski definition) is 2. The molecule has 1 aliphatic carbocycles. The quantitative estimate of drug-likeness (QED) is 0.627. The number of carbonyl (C=O) groups is 2. The van der Waals surface area contributed by atoms with Crippen LogP contribution < -0.4 is 0 Å². The van der Waals surface area contributed by atoms with Crippen molar-refractivity contribution < 1.29 is 9.59 Å². The monoisotopic (exact) mass is 219 g/mol. The summed E-state index contributed by atoms with van der Waals surface area (Å²) in [6.07, 6.45) is 5.43. The average molecular weight is 219 g/mol. The summed E-state index contributed by atoms with van der Waals surface area (Å²) in [6, 6.07) is 0. The van der Waals surface area contributed by atoms with Crippen LogP contribution in [-0.4, -0.2) is 17.1 Å². The molecule has 1 aliphatic rings. The minimum Gasteiger partial charge on any atom is -0.356 e. The van der Waals surface area contributed by atoms with Crippen LogP contribution in [0.3, 0.4) is 0 Å². The predicted molar refractivity (Wildman–Crippen MR) is 62.1 cm³/mol. The highest BCUT2D eigenvalue weighted by Crippen LogP contribution is 2.38. The predicted octanol–water partition coefficient (Wildman–Crippen LogP) is 3.00. The second-order valence-corrected chi connectivity index (χ2v) is 4.61. The fraction of sp³-hybridized carbons (Fsp3) is 0.538. The first-order valence-electron chi connectivity index (χ1n) is 5.83. The van der Waals surface area contributed by atoms with E-state index in [1.807, 2.05) is 6.92 Å². The summed E-state index contributed by atoms with van der Waals surface area (Å²) < 4.78 is 0. The summed E-state index contributed by atoms with van der Waals surface area (Å²) in [6.45, 7) is 3.44. The number of rotatable bonds is 3. The third-order valence-electron chi connectivity index (χ3n) is 3.49. The summed E-state index contributed by atoms with van der Waals surface area (Å²) in [7, 11) is 0. The molecular formula is C13H17NO2. The molecule has 86 valence electrons. The Morgan fingerprint density at radius 3 is 2.50 bits per heavy atom. The Labute approximate surface area is 95.2 Å². The minimum atomic E-state index is 0.0590. The van der Waals surface area contributed by atoms with E-state index in [4.69, 9.17) is 0 Å². The molecule has 0 aromatic carbocycles. The maximum atomic E-state index is 11.6. The van der Waals surface area contributed by atoms with Gasteiger partial charge in [0.2, 0.25) is 0 Å². The first kappa shape index (κ1) is 11.1. The Hall–Kier alpha value is -1.38. The van der Waals surface area contributed by atoms with Crippen molar-refractivity contribution in [1.29, 1.82) is 0 Å². The number of aldehydes is 1. The second kappa shape index (κ2) is 4.24. The van der Waals surface area contributed by atoms with Crippen molar-refractivity contribution >= 4 is 12.1 Å². The van der Waals surface area contributed by atoms with Gasteiger partial charge in [-0.15, -0.1) is 0 Å². The Morgan fingerprint density at radius 2 is 2.00 bits per heavy atom. The number of aryl methyl sites for hydroxylation is 1. The lowest BCUT2D eigenvalue weighted by atomic mass is 9.92. The molecule has 0 aliphatic heterocycles. The van der Waals surface area contributed by atoms with Gasteiger partial charge in [-0.2, -0.15) is 0 Å². The van der Waals surface area contributed by atoms with E-state index in [-0.39, 0.29) is 5.78 Å². The van der Waals surface area contributed by atoms with Crippen LogP contribution in [0, 0.1) is 6.92 Å². The molecule has 0 amide bonds. The SMILES string of the molecule is CC(=O)c1c(C)[nH]c(C=O)c1C1CCCC1. The zero-order chi connectivity index (χ0) is 11.7. The van der Waals surface area contributed by atoms with Crippen LogP contribution in [0.5, 0.6) is 0 Å². The fourth-order valence-corrected chi connectivity index (χ4v) is 2.85. The number of ketones is 1. The summed E-state index contributed by atoms with van der Waals surface area (Å²) in [5.74, 6) is 0.452. The topological polar surface area (TPSA) is 49.9 Å². The second-order valence-electron chi connectivity index (χ2n) is 4.61.